The molecule has 1 N–H and O–H groups in total. The molecular weight excluding hydrogens is 186 g/mol. The van der Waals surface area contributed by atoms with Crippen molar-refractivity contribution in [2.24, 2.45) is 0 Å². The van der Waals surface area contributed by atoms with Crippen LogP contribution >= 0.6 is 0 Å². The summed E-state index contributed by atoms with van der Waals surface area (Å²) in [5.74, 6) is -1.12. The van der Waals surface area contributed by atoms with Gasteiger partial charge in [-0.3, -0.25) is 0 Å². The van der Waals surface area contributed by atoms with E-state index in [2.05, 4.69) is 5.32 Å². The molecule has 0 radical (unpaired) electrons. The fourth-order valence-electron chi connectivity index (χ4n) is 1.06. The van der Waals surface area contributed by atoms with Crippen molar-refractivity contribution in [2.75, 3.05) is 6.54 Å². The molecule has 0 bridgehead atoms. The SMILES string of the molecule is N#CCCNCc1c(F)cccc1F. The molecule has 0 heterocycles. The molecule has 0 aliphatic heterocycles. The Hall–Kier alpha value is -1.47. The van der Waals surface area contributed by atoms with Crippen LogP contribution in [0.15, 0.2) is 18.2 Å². The van der Waals surface area contributed by atoms with Crippen LogP contribution in [0.2, 0.25) is 0 Å². The monoisotopic (exact) mass is 196 g/mol. The number of nitrogens with one attached hydrogen (secondary N) is 1. The second-order valence-electron chi connectivity index (χ2n) is 2.79. The molecule has 4 heteroatoms. The van der Waals surface area contributed by atoms with Gasteiger partial charge in [0.25, 0.3) is 0 Å². The zero-order chi connectivity index (χ0) is 10.4. The highest BCUT2D eigenvalue weighted by atomic mass is 19.1. The molecule has 0 saturated carbocycles. The molecule has 1 aromatic rings. The number of hydrogen-bond acceptors (Lipinski definition) is 2. The summed E-state index contributed by atoms with van der Waals surface area (Å²) in [6, 6.07) is 5.68. The average Bonchev–Trinajstić information content (AvgIpc) is 2.16. The van der Waals surface area contributed by atoms with Crippen LogP contribution in [0, 0.1) is 23.0 Å². The van der Waals surface area contributed by atoms with E-state index in [1.165, 1.54) is 18.2 Å². The zero-order valence-corrected chi connectivity index (χ0v) is 7.56. The van der Waals surface area contributed by atoms with Crippen molar-refractivity contribution in [1.82, 2.24) is 5.32 Å². The smallest absolute Gasteiger partial charge is 0.130 e. The van der Waals surface area contributed by atoms with Crippen LogP contribution in [0.5, 0.6) is 0 Å². The zero-order valence-electron chi connectivity index (χ0n) is 7.56. The van der Waals surface area contributed by atoms with Crippen LogP contribution in [0.1, 0.15) is 12.0 Å². The van der Waals surface area contributed by atoms with Crippen molar-refractivity contribution in [2.45, 2.75) is 13.0 Å². The Balaban J connectivity index is 2.54. The van der Waals surface area contributed by atoms with Gasteiger partial charge in [0.05, 0.1) is 6.07 Å². The van der Waals surface area contributed by atoms with Gasteiger partial charge in [0.1, 0.15) is 11.6 Å². The molecule has 0 saturated heterocycles. The first-order chi connectivity index (χ1) is 6.75. The Labute approximate surface area is 81.2 Å². The molecular formula is C10H10F2N2. The molecule has 0 aliphatic rings. The fourth-order valence-corrected chi connectivity index (χ4v) is 1.06. The first-order valence-electron chi connectivity index (χ1n) is 4.26. The molecule has 0 aromatic heterocycles. The van der Waals surface area contributed by atoms with Crippen molar-refractivity contribution < 1.29 is 8.78 Å². The lowest BCUT2D eigenvalue weighted by molar-refractivity contribution is 0.537. The molecule has 1 aromatic carbocycles. The van der Waals surface area contributed by atoms with Gasteiger partial charge < -0.3 is 5.32 Å². The first kappa shape index (κ1) is 10.6. The van der Waals surface area contributed by atoms with Crippen LogP contribution in [-0.2, 0) is 6.54 Å². The van der Waals surface area contributed by atoms with Gasteiger partial charge in [0.2, 0.25) is 0 Å². The molecule has 0 unspecified atom stereocenters. The fraction of sp³-hybridized carbons (Fsp3) is 0.300. The Morgan fingerprint density at radius 3 is 2.50 bits per heavy atom. The number of rotatable bonds is 4. The van der Waals surface area contributed by atoms with Gasteiger partial charge >= 0.3 is 0 Å². The van der Waals surface area contributed by atoms with Crippen LogP contribution in [0.3, 0.4) is 0 Å². The summed E-state index contributed by atoms with van der Waals surface area (Å²) in [5, 5.41) is 11.0. The molecule has 0 aliphatic carbocycles. The normalized spacial score (nSPS) is 9.79. The van der Waals surface area contributed by atoms with Gasteiger partial charge in [-0.1, -0.05) is 6.07 Å². The van der Waals surface area contributed by atoms with Gasteiger partial charge in [0, 0.05) is 25.1 Å². The van der Waals surface area contributed by atoms with Gasteiger partial charge in [-0.05, 0) is 12.1 Å². The maximum atomic E-state index is 13.0. The van der Waals surface area contributed by atoms with Crippen LogP contribution in [0.4, 0.5) is 8.78 Å². The first-order valence-corrected chi connectivity index (χ1v) is 4.26. The summed E-state index contributed by atoms with van der Waals surface area (Å²) < 4.78 is 26.0. The van der Waals surface area contributed by atoms with E-state index in [9.17, 15) is 8.78 Å². The highest BCUT2D eigenvalue weighted by Gasteiger charge is 2.06. The maximum Gasteiger partial charge on any atom is 0.130 e. The van der Waals surface area contributed by atoms with Gasteiger partial charge in [-0.25, -0.2) is 8.78 Å². The standard InChI is InChI=1S/C10H10F2N2/c11-9-3-1-4-10(12)8(9)7-14-6-2-5-13/h1,3-4,14H,2,6-7H2. The predicted molar refractivity (Wildman–Crippen MR) is 48.3 cm³/mol. The number of nitriles is 1. The molecule has 1 rings (SSSR count). The number of halogens is 2. The third kappa shape index (κ3) is 2.79. The number of hydrogen-bond donors (Lipinski definition) is 1. The second kappa shape index (κ2) is 5.30. The lowest BCUT2D eigenvalue weighted by Crippen LogP contribution is -2.16. The molecule has 0 fully saturated rings. The molecule has 2 nitrogen and oxygen atoms in total. The van der Waals surface area contributed by atoms with E-state index in [0.717, 1.165) is 0 Å². The summed E-state index contributed by atoms with van der Waals surface area (Å²) in [4.78, 5) is 0. The highest BCUT2D eigenvalue weighted by Crippen LogP contribution is 2.11. The van der Waals surface area contributed by atoms with Crippen molar-refractivity contribution >= 4 is 0 Å². The molecule has 0 amide bonds. The lowest BCUT2D eigenvalue weighted by atomic mass is 10.2. The van der Waals surface area contributed by atoms with Crippen molar-refractivity contribution in [3.63, 3.8) is 0 Å². The Morgan fingerprint density at radius 2 is 1.93 bits per heavy atom. The Morgan fingerprint density at radius 1 is 1.29 bits per heavy atom. The van der Waals surface area contributed by atoms with Crippen molar-refractivity contribution in [1.29, 1.82) is 5.26 Å². The van der Waals surface area contributed by atoms with Gasteiger partial charge in [0.15, 0.2) is 0 Å². The Bertz CT molecular complexity index is 324. The maximum absolute atomic E-state index is 13.0. The second-order valence-corrected chi connectivity index (χ2v) is 2.79. The molecule has 0 spiro atoms. The highest BCUT2D eigenvalue weighted by molar-refractivity contribution is 5.19. The topological polar surface area (TPSA) is 35.8 Å². The van der Waals surface area contributed by atoms with Gasteiger partial charge in [-0.15, -0.1) is 0 Å². The minimum Gasteiger partial charge on any atom is -0.311 e. The summed E-state index contributed by atoms with van der Waals surface area (Å²) in [7, 11) is 0. The summed E-state index contributed by atoms with van der Waals surface area (Å²) in [6.45, 7) is 0.546. The lowest BCUT2D eigenvalue weighted by Gasteiger charge is -2.04. The number of benzene rings is 1. The van der Waals surface area contributed by atoms with Gasteiger partial charge in [-0.2, -0.15) is 5.26 Å². The minimum absolute atomic E-state index is 0.0189. The van der Waals surface area contributed by atoms with Crippen LogP contribution in [-0.4, -0.2) is 6.54 Å². The largest absolute Gasteiger partial charge is 0.311 e. The third-order valence-corrected chi connectivity index (χ3v) is 1.78. The summed E-state index contributed by atoms with van der Waals surface area (Å²) in [6.07, 6.45) is 0.329. The Kier molecular flexibility index (Phi) is 4.02. The van der Waals surface area contributed by atoms with Crippen LogP contribution < -0.4 is 5.32 Å². The molecule has 14 heavy (non-hydrogen) atoms. The van der Waals surface area contributed by atoms with Crippen molar-refractivity contribution in [3.8, 4) is 6.07 Å². The van der Waals surface area contributed by atoms with E-state index >= 15 is 0 Å². The summed E-state index contributed by atoms with van der Waals surface area (Å²) in [5.41, 5.74) is 0.0189. The summed E-state index contributed by atoms with van der Waals surface area (Å²) >= 11 is 0. The van der Waals surface area contributed by atoms with E-state index in [4.69, 9.17) is 5.26 Å². The quantitative estimate of drug-likeness (QED) is 0.747. The van der Waals surface area contributed by atoms with E-state index in [1.54, 1.807) is 0 Å². The number of nitrogens with zero attached hydrogens (tertiary/aromatic N) is 1. The van der Waals surface area contributed by atoms with E-state index in [-0.39, 0.29) is 12.1 Å². The van der Waals surface area contributed by atoms with E-state index in [1.807, 2.05) is 6.07 Å². The molecule has 74 valence electrons. The average molecular weight is 196 g/mol. The van der Waals surface area contributed by atoms with E-state index < -0.39 is 11.6 Å². The third-order valence-electron chi connectivity index (χ3n) is 1.78. The van der Waals surface area contributed by atoms with E-state index in [0.29, 0.717) is 13.0 Å². The minimum atomic E-state index is -0.561. The predicted octanol–water partition coefficient (Wildman–Crippen LogP) is 1.97. The molecule has 0 atom stereocenters. The van der Waals surface area contributed by atoms with Crippen molar-refractivity contribution in [3.05, 3.63) is 35.4 Å². The van der Waals surface area contributed by atoms with Crippen LogP contribution in [0.25, 0.3) is 0 Å².